The van der Waals surface area contributed by atoms with Gasteiger partial charge < -0.3 is 4.90 Å². The summed E-state index contributed by atoms with van der Waals surface area (Å²) in [5.74, 6) is 0.546. The summed E-state index contributed by atoms with van der Waals surface area (Å²) in [5.41, 5.74) is 9.55. The molecule has 26 heavy (non-hydrogen) atoms. The van der Waals surface area contributed by atoms with E-state index in [1.807, 2.05) is 36.5 Å². The second-order valence-corrected chi connectivity index (χ2v) is 8.38. The maximum absolute atomic E-state index is 4.44. The molecule has 1 aliphatic heterocycles. The first-order chi connectivity index (χ1) is 12.3. The van der Waals surface area contributed by atoms with Crippen LogP contribution in [0.5, 0.6) is 0 Å². The topological polar surface area (TPSA) is 27.6 Å². The lowest BCUT2D eigenvalue weighted by atomic mass is 9.78. The Morgan fingerprint density at radius 1 is 1.19 bits per heavy atom. The van der Waals surface area contributed by atoms with Crippen molar-refractivity contribution >= 4 is 17.6 Å². The van der Waals surface area contributed by atoms with Crippen molar-refractivity contribution in [1.82, 2.24) is 0 Å². The van der Waals surface area contributed by atoms with E-state index in [0.717, 1.165) is 5.69 Å². The summed E-state index contributed by atoms with van der Waals surface area (Å²) in [5, 5.41) is 4.44. The minimum Gasteiger partial charge on any atom is -0.364 e. The molecule has 1 heterocycles. The molecule has 0 aromatic heterocycles. The van der Waals surface area contributed by atoms with E-state index in [1.165, 1.54) is 28.8 Å². The van der Waals surface area contributed by atoms with Gasteiger partial charge >= 0.3 is 0 Å². The smallest absolute Gasteiger partial charge is 0.0561 e. The molecule has 1 atom stereocenters. The summed E-state index contributed by atoms with van der Waals surface area (Å²) in [7, 11) is 0. The molecule has 2 aromatic carbocycles. The Hall–Kier alpha value is -2.29. The van der Waals surface area contributed by atoms with Crippen LogP contribution in [0.3, 0.4) is 0 Å². The lowest BCUT2D eigenvalue weighted by molar-refractivity contribution is 0.356. The molecule has 0 radical (unpaired) electrons. The molecule has 1 N–H and O–H groups in total. The number of hydrogen-bond donors (Lipinski definition) is 1. The van der Waals surface area contributed by atoms with Crippen molar-refractivity contribution in [2.24, 2.45) is 5.10 Å². The van der Waals surface area contributed by atoms with E-state index in [2.05, 4.69) is 69.1 Å². The third kappa shape index (κ3) is 3.62. The monoisotopic (exact) mass is 349 g/mol. The van der Waals surface area contributed by atoms with Crippen molar-refractivity contribution < 1.29 is 0 Å². The molecule has 0 amide bonds. The van der Waals surface area contributed by atoms with Gasteiger partial charge in [-0.15, -0.1) is 0 Å². The Balaban J connectivity index is 1.93. The summed E-state index contributed by atoms with van der Waals surface area (Å²) in [6.45, 7) is 13.8. The normalized spacial score (nSPS) is 19.0. The average Bonchev–Trinajstić information content (AvgIpc) is 2.55. The van der Waals surface area contributed by atoms with Crippen LogP contribution in [0, 0.1) is 6.92 Å². The zero-order valence-corrected chi connectivity index (χ0v) is 16.9. The number of fused-ring (bicyclic) bond motifs is 1. The number of nitrogens with one attached hydrogen (secondary N) is 1. The van der Waals surface area contributed by atoms with Crippen LogP contribution in [0.2, 0.25) is 0 Å². The molecule has 3 rings (SSSR count). The fourth-order valence-electron chi connectivity index (χ4n) is 4.42. The molecule has 1 unspecified atom stereocenters. The molecular formula is C23H31N3. The van der Waals surface area contributed by atoms with Gasteiger partial charge in [0.25, 0.3) is 0 Å². The molecule has 0 spiro atoms. The zero-order chi connectivity index (χ0) is 18.9. The van der Waals surface area contributed by atoms with E-state index >= 15 is 0 Å². The first-order valence-corrected chi connectivity index (χ1v) is 9.57. The average molecular weight is 350 g/mol. The minimum absolute atomic E-state index is 0.178. The number of aryl methyl sites for hydroxylation is 1. The largest absolute Gasteiger partial charge is 0.364 e. The van der Waals surface area contributed by atoms with E-state index in [9.17, 15) is 0 Å². The van der Waals surface area contributed by atoms with Crippen molar-refractivity contribution in [2.45, 2.75) is 65.5 Å². The predicted molar refractivity (Wildman–Crippen MR) is 114 cm³/mol. The van der Waals surface area contributed by atoms with Crippen LogP contribution >= 0.6 is 0 Å². The number of nitrogens with zero attached hydrogens (tertiary/aromatic N) is 2. The van der Waals surface area contributed by atoms with Gasteiger partial charge in [-0.3, -0.25) is 5.43 Å². The Morgan fingerprint density at radius 3 is 2.54 bits per heavy atom. The fraction of sp³-hybridized carbons (Fsp3) is 0.435. The first kappa shape index (κ1) is 18.5. The highest BCUT2D eigenvalue weighted by Crippen LogP contribution is 2.45. The van der Waals surface area contributed by atoms with Gasteiger partial charge in [0.2, 0.25) is 0 Å². The molecule has 3 heteroatoms. The van der Waals surface area contributed by atoms with Gasteiger partial charge in [0, 0.05) is 17.3 Å². The second kappa shape index (κ2) is 7.14. The van der Waals surface area contributed by atoms with Crippen LogP contribution in [0.25, 0.3) is 0 Å². The van der Waals surface area contributed by atoms with E-state index in [-0.39, 0.29) is 5.54 Å². The minimum atomic E-state index is 0.178. The van der Waals surface area contributed by atoms with Crippen LogP contribution in [0.1, 0.15) is 63.6 Å². The summed E-state index contributed by atoms with van der Waals surface area (Å²) in [6, 6.07) is 15.2. The number of anilines is 2. The van der Waals surface area contributed by atoms with Crippen molar-refractivity contribution in [3.63, 3.8) is 0 Å². The number of hydrogen-bond acceptors (Lipinski definition) is 3. The number of hydrazone groups is 1. The Labute approximate surface area is 158 Å². The SMILES string of the molecule is Cc1cc2c(cc1/C=N/Nc1ccccc1)C(C)CC(C)(C)N2C(C)C. The van der Waals surface area contributed by atoms with Gasteiger partial charge in [-0.25, -0.2) is 0 Å². The summed E-state index contributed by atoms with van der Waals surface area (Å²) in [4.78, 5) is 2.58. The number of benzene rings is 2. The summed E-state index contributed by atoms with van der Waals surface area (Å²) >= 11 is 0. The summed E-state index contributed by atoms with van der Waals surface area (Å²) in [6.07, 6.45) is 3.11. The maximum Gasteiger partial charge on any atom is 0.0561 e. The third-order valence-corrected chi connectivity index (χ3v) is 5.35. The molecule has 0 bridgehead atoms. The second-order valence-electron chi connectivity index (χ2n) is 8.38. The van der Waals surface area contributed by atoms with E-state index in [0.29, 0.717) is 12.0 Å². The molecule has 138 valence electrons. The lowest BCUT2D eigenvalue weighted by Crippen LogP contribution is -2.51. The highest BCUT2D eigenvalue weighted by molar-refractivity contribution is 5.84. The van der Waals surface area contributed by atoms with E-state index in [4.69, 9.17) is 0 Å². The van der Waals surface area contributed by atoms with Crippen LogP contribution in [-0.2, 0) is 0 Å². The lowest BCUT2D eigenvalue weighted by Gasteiger charge is -2.50. The third-order valence-electron chi connectivity index (χ3n) is 5.35. The Bertz CT molecular complexity index is 791. The highest BCUT2D eigenvalue weighted by atomic mass is 15.3. The van der Waals surface area contributed by atoms with E-state index in [1.54, 1.807) is 0 Å². The van der Waals surface area contributed by atoms with Gasteiger partial charge in [0.05, 0.1) is 11.9 Å². The highest BCUT2D eigenvalue weighted by Gasteiger charge is 2.37. The van der Waals surface area contributed by atoms with Crippen molar-refractivity contribution in [3.05, 3.63) is 59.2 Å². The first-order valence-electron chi connectivity index (χ1n) is 9.57. The van der Waals surface area contributed by atoms with E-state index < -0.39 is 0 Å². The maximum atomic E-state index is 4.44. The quantitative estimate of drug-likeness (QED) is 0.546. The Morgan fingerprint density at radius 2 is 1.88 bits per heavy atom. The van der Waals surface area contributed by atoms with Crippen LogP contribution in [-0.4, -0.2) is 17.8 Å². The van der Waals surface area contributed by atoms with Gasteiger partial charge in [0.1, 0.15) is 0 Å². The molecule has 1 aliphatic rings. The molecular weight excluding hydrogens is 318 g/mol. The van der Waals surface area contributed by atoms with Crippen LogP contribution in [0.15, 0.2) is 47.6 Å². The van der Waals surface area contributed by atoms with Gasteiger partial charge in [-0.1, -0.05) is 25.1 Å². The van der Waals surface area contributed by atoms with Gasteiger partial charge in [-0.05, 0) is 87.9 Å². The molecule has 0 saturated carbocycles. The van der Waals surface area contributed by atoms with Gasteiger partial charge in [0.15, 0.2) is 0 Å². The summed E-state index contributed by atoms with van der Waals surface area (Å²) < 4.78 is 0. The fourth-order valence-corrected chi connectivity index (χ4v) is 4.42. The molecule has 0 saturated heterocycles. The van der Waals surface area contributed by atoms with Crippen LogP contribution < -0.4 is 10.3 Å². The molecule has 0 fully saturated rings. The van der Waals surface area contributed by atoms with Gasteiger partial charge in [-0.2, -0.15) is 5.10 Å². The van der Waals surface area contributed by atoms with Crippen molar-refractivity contribution in [1.29, 1.82) is 0 Å². The standard InChI is InChI=1S/C23H31N3/c1-16(2)26-22-12-17(3)19(13-21(22)18(4)14-23(26,5)6)15-24-25-20-10-8-7-9-11-20/h7-13,15-16,18,25H,14H2,1-6H3/b24-15+. The Kier molecular flexibility index (Phi) is 5.08. The van der Waals surface area contributed by atoms with Crippen molar-refractivity contribution in [2.75, 3.05) is 10.3 Å². The number of para-hydroxylation sites is 1. The van der Waals surface area contributed by atoms with Crippen molar-refractivity contribution in [3.8, 4) is 0 Å². The van der Waals surface area contributed by atoms with Crippen LogP contribution in [0.4, 0.5) is 11.4 Å². The zero-order valence-electron chi connectivity index (χ0n) is 16.9. The molecule has 3 nitrogen and oxygen atoms in total. The predicted octanol–water partition coefficient (Wildman–Crippen LogP) is 5.94. The number of rotatable bonds is 4. The molecule has 2 aromatic rings. The molecule has 0 aliphatic carbocycles.